The minimum absolute atomic E-state index is 0.277. The Labute approximate surface area is 252 Å². The number of hydrogen-bond acceptors (Lipinski definition) is 4. The number of pyridine rings is 1. The van der Waals surface area contributed by atoms with Crippen molar-refractivity contribution in [1.82, 2.24) is 30.8 Å². The third-order valence-corrected chi connectivity index (χ3v) is 7.93. The van der Waals surface area contributed by atoms with Crippen LogP contribution in [0.2, 0.25) is 0 Å². The molecule has 0 radical (unpaired) electrons. The predicted octanol–water partition coefficient (Wildman–Crippen LogP) is 6.41. The lowest BCUT2D eigenvalue weighted by molar-refractivity contribution is 0.368. The van der Waals surface area contributed by atoms with E-state index in [1.165, 1.54) is 25.0 Å². The van der Waals surface area contributed by atoms with Crippen LogP contribution >= 0.6 is 0 Å². The summed E-state index contributed by atoms with van der Waals surface area (Å²) in [5.41, 5.74) is 7.98. The van der Waals surface area contributed by atoms with Crippen molar-refractivity contribution < 1.29 is 4.39 Å². The molecule has 4 aromatic rings. The monoisotopic (exact) mass is 574 g/mol. The van der Waals surface area contributed by atoms with Crippen LogP contribution in [-0.4, -0.2) is 33.3 Å². The highest BCUT2D eigenvalue weighted by atomic mass is 19.1. The van der Waals surface area contributed by atoms with Crippen molar-refractivity contribution in [3.63, 3.8) is 0 Å². The van der Waals surface area contributed by atoms with E-state index in [1.807, 2.05) is 37.3 Å². The van der Waals surface area contributed by atoms with Gasteiger partial charge in [0, 0.05) is 28.2 Å². The maximum absolute atomic E-state index is 13.9. The zero-order valence-electron chi connectivity index (χ0n) is 24.9. The van der Waals surface area contributed by atoms with E-state index in [1.54, 1.807) is 12.3 Å². The number of H-pyrrole nitrogens is 2. The average Bonchev–Trinajstić information content (AvgIpc) is 3.61. The molecule has 0 spiro atoms. The van der Waals surface area contributed by atoms with E-state index >= 15 is 0 Å². The van der Waals surface area contributed by atoms with Gasteiger partial charge in [0.1, 0.15) is 17.2 Å². The molecule has 6 nitrogen and oxygen atoms in total. The highest BCUT2D eigenvalue weighted by molar-refractivity contribution is 5.95. The summed E-state index contributed by atoms with van der Waals surface area (Å²) in [6.07, 6.45) is 15.1. The number of halogens is 1. The summed E-state index contributed by atoms with van der Waals surface area (Å²) in [6, 6.07) is 10.4. The molecule has 4 heterocycles. The van der Waals surface area contributed by atoms with Gasteiger partial charge in [-0.2, -0.15) is 5.10 Å². The molecule has 3 aromatic heterocycles. The summed E-state index contributed by atoms with van der Waals surface area (Å²) in [5.74, 6) is 0.387. The molecule has 1 saturated heterocycles. The number of allylic oxidation sites excluding steroid dienone is 7. The summed E-state index contributed by atoms with van der Waals surface area (Å²) in [4.78, 5) is 7.83. The zero-order valence-corrected chi connectivity index (χ0v) is 24.9. The normalized spacial score (nSPS) is 15.7. The molecule has 43 heavy (non-hydrogen) atoms. The number of nitrogens with zero attached hydrogens (tertiary/aromatic N) is 2. The number of aromatic amines is 2. The molecule has 220 valence electrons. The van der Waals surface area contributed by atoms with Crippen molar-refractivity contribution in [2.75, 3.05) is 13.1 Å². The zero-order chi connectivity index (χ0) is 30.3. The van der Waals surface area contributed by atoms with Crippen LogP contribution in [0.15, 0.2) is 103 Å². The van der Waals surface area contributed by atoms with Gasteiger partial charge in [-0.1, -0.05) is 44.0 Å². The molecule has 0 saturated carbocycles. The standard InChI is InChI=1S/C36H39FN6/c1-6-27(21-30(7-2)40-24(4)19-26-13-16-38-17-14-26)23(3)11-12-33-25(5)35(43-42-33)34-22-32-31(15-18-39-36(32)41-34)28-9-8-10-29(37)20-28/h6-12,15,18,20-22,26,38,40,42H,2,4-5,13-14,16-17,19H2,1,3H3,(H,39,41)/b23-11+,27-6+,30-21+,33-12+. The van der Waals surface area contributed by atoms with Gasteiger partial charge in [-0.25, -0.2) is 9.37 Å². The number of hydrogen-bond donors (Lipinski definition) is 4. The molecular weight excluding hydrogens is 535 g/mol. The molecule has 4 N–H and O–H groups in total. The average molecular weight is 575 g/mol. The molecule has 1 aliphatic rings. The minimum Gasteiger partial charge on any atom is -0.359 e. The van der Waals surface area contributed by atoms with E-state index in [0.717, 1.165) is 74.8 Å². The van der Waals surface area contributed by atoms with Crippen molar-refractivity contribution in [1.29, 1.82) is 0 Å². The second-order valence-corrected chi connectivity index (χ2v) is 11.0. The van der Waals surface area contributed by atoms with E-state index < -0.39 is 0 Å². The molecule has 0 aliphatic carbocycles. The van der Waals surface area contributed by atoms with Gasteiger partial charge in [-0.05, 0) is 117 Å². The van der Waals surface area contributed by atoms with Gasteiger partial charge in [0.2, 0.25) is 0 Å². The fourth-order valence-corrected chi connectivity index (χ4v) is 5.53. The highest BCUT2D eigenvalue weighted by Gasteiger charge is 2.15. The molecule has 5 rings (SSSR count). The maximum atomic E-state index is 13.9. The van der Waals surface area contributed by atoms with Gasteiger partial charge in [-0.15, -0.1) is 0 Å². The quantitative estimate of drug-likeness (QED) is 0.165. The number of piperidine rings is 1. The topological polar surface area (TPSA) is 81.4 Å². The van der Waals surface area contributed by atoms with Gasteiger partial charge < -0.3 is 15.6 Å². The van der Waals surface area contributed by atoms with Crippen molar-refractivity contribution in [3.05, 3.63) is 119 Å². The first-order valence-corrected chi connectivity index (χ1v) is 14.7. The number of nitrogens with one attached hydrogen (secondary N) is 4. The predicted molar refractivity (Wildman–Crippen MR) is 177 cm³/mol. The Morgan fingerprint density at radius 3 is 2.74 bits per heavy atom. The van der Waals surface area contributed by atoms with Crippen molar-refractivity contribution in [2.45, 2.75) is 33.1 Å². The maximum Gasteiger partial charge on any atom is 0.138 e. The van der Waals surface area contributed by atoms with Gasteiger partial charge in [0.05, 0.1) is 11.0 Å². The Morgan fingerprint density at radius 1 is 1.19 bits per heavy atom. The summed E-state index contributed by atoms with van der Waals surface area (Å²) in [7, 11) is 0. The molecule has 7 heteroatoms. The second-order valence-electron chi connectivity index (χ2n) is 11.0. The lowest BCUT2D eigenvalue weighted by Gasteiger charge is -2.24. The van der Waals surface area contributed by atoms with Crippen LogP contribution in [0.25, 0.3) is 46.2 Å². The molecule has 1 aromatic carbocycles. The molecule has 1 aliphatic heterocycles. The number of rotatable bonds is 10. The Kier molecular flexibility index (Phi) is 9.32. The van der Waals surface area contributed by atoms with E-state index in [0.29, 0.717) is 17.3 Å². The first-order chi connectivity index (χ1) is 20.9. The second kappa shape index (κ2) is 13.5. The van der Waals surface area contributed by atoms with Gasteiger partial charge in [0.25, 0.3) is 0 Å². The van der Waals surface area contributed by atoms with E-state index in [2.05, 4.69) is 75.7 Å². The van der Waals surface area contributed by atoms with Gasteiger partial charge in [-0.3, -0.25) is 5.10 Å². The first kappa shape index (κ1) is 29.7. The summed E-state index contributed by atoms with van der Waals surface area (Å²) in [5, 5.41) is 17.0. The Morgan fingerprint density at radius 2 is 2.00 bits per heavy atom. The van der Waals surface area contributed by atoms with Crippen molar-refractivity contribution >= 4 is 23.7 Å². The first-order valence-electron chi connectivity index (χ1n) is 14.7. The molecule has 0 unspecified atom stereocenters. The number of benzene rings is 1. The van der Waals surface area contributed by atoms with Crippen LogP contribution in [0.3, 0.4) is 0 Å². The van der Waals surface area contributed by atoms with Crippen molar-refractivity contribution in [2.24, 2.45) is 5.92 Å². The molecule has 0 bridgehead atoms. The smallest absolute Gasteiger partial charge is 0.138 e. The Balaban J connectivity index is 1.36. The largest absolute Gasteiger partial charge is 0.359 e. The summed E-state index contributed by atoms with van der Waals surface area (Å²) >= 11 is 0. The molecule has 0 amide bonds. The molecular formula is C36H39FN6. The van der Waals surface area contributed by atoms with Crippen molar-refractivity contribution in [3.8, 4) is 22.5 Å². The highest BCUT2D eigenvalue weighted by Crippen LogP contribution is 2.30. The van der Waals surface area contributed by atoms with E-state index in [-0.39, 0.29) is 5.82 Å². The van der Waals surface area contributed by atoms with Crippen LogP contribution in [0.5, 0.6) is 0 Å². The van der Waals surface area contributed by atoms with E-state index in [4.69, 9.17) is 0 Å². The van der Waals surface area contributed by atoms with Crippen LogP contribution < -0.4 is 21.2 Å². The summed E-state index contributed by atoms with van der Waals surface area (Å²) in [6.45, 7) is 18.8. The number of fused-ring (bicyclic) bond motifs is 1. The fourth-order valence-electron chi connectivity index (χ4n) is 5.53. The lowest BCUT2D eigenvalue weighted by Crippen LogP contribution is -2.28. The van der Waals surface area contributed by atoms with Crippen LogP contribution in [0, 0.1) is 11.7 Å². The molecule has 1 fully saturated rings. The Bertz CT molecular complexity index is 1850. The van der Waals surface area contributed by atoms with Gasteiger partial charge in [0.15, 0.2) is 0 Å². The van der Waals surface area contributed by atoms with Crippen LogP contribution in [-0.2, 0) is 0 Å². The van der Waals surface area contributed by atoms with Gasteiger partial charge >= 0.3 is 0 Å². The van der Waals surface area contributed by atoms with E-state index in [9.17, 15) is 4.39 Å². The minimum atomic E-state index is -0.277. The van der Waals surface area contributed by atoms with Crippen LogP contribution in [0.1, 0.15) is 33.1 Å². The number of aromatic nitrogens is 4. The third kappa shape index (κ3) is 7.01. The Hall–Kier alpha value is -4.75. The molecule has 0 atom stereocenters. The van der Waals surface area contributed by atoms with Crippen LogP contribution in [0.4, 0.5) is 4.39 Å². The summed E-state index contributed by atoms with van der Waals surface area (Å²) < 4.78 is 13.9. The SMILES string of the molecule is C=C\C(=C/C(=C\C)C(/C)=C/C=c1/[nH]nc(-c2cc3c(-c4cccc(F)c4)ccnc3[nH]2)c1=C)NC(=C)CC1CCNCC1. The fraction of sp³-hybridized carbons (Fsp3) is 0.222. The third-order valence-electron chi connectivity index (χ3n) is 7.93. The lowest BCUT2D eigenvalue weighted by atomic mass is 9.93.